The van der Waals surface area contributed by atoms with Gasteiger partial charge in [0.05, 0.1) is 10.8 Å². The van der Waals surface area contributed by atoms with Gasteiger partial charge in [-0.3, -0.25) is 14.4 Å². The molecule has 6 nitrogen and oxygen atoms in total. The first-order valence-electron chi connectivity index (χ1n) is 10.2. The van der Waals surface area contributed by atoms with Crippen LogP contribution in [0, 0.1) is 5.92 Å². The Bertz CT molecular complexity index is 1100. The zero-order valence-electron chi connectivity index (χ0n) is 17.1. The Morgan fingerprint density at radius 1 is 1.03 bits per heavy atom. The van der Waals surface area contributed by atoms with Crippen LogP contribution in [0.5, 0.6) is 5.75 Å². The van der Waals surface area contributed by atoms with Crippen molar-refractivity contribution >= 4 is 46.4 Å². The Balaban J connectivity index is 1.33. The predicted octanol–water partition coefficient (Wildman–Crippen LogP) is 5.11. The first-order chi connectivity index (χ1) is 15.5. The van der Waals surface area contributed by atoms with E-state index < -0.39 is 5.92 Å². The summed E-state index contributed by atoms with van der Waals surface area (Å²) in [7, 11) is 0. The number of nitrogens with one attached hydrogen (secondary N) is 1. The zero-order chi connectivity index (χ0) is 22.5. The molecule has 2 amide bonds. The quantitative estimate of drug-likeness (QED) is 0.417. The van der Waals surface area contributed by atoms with Gasteiger partial charge in [0.2, 0.25) is 0 Å². The third kappa shape index (κ3) is 5.36. The van der Waals surface area contributed by atoms with Gasteiger partial charge in [0.1, 0.15) is 5.75 Å². The topological polar surface area (TPSA) is 75.7 Å². The maximum Gasteiger partial charge on any atom is 0.316 e. The summed E-state index contributed by atoms with van der Waals surface area (Å²) < 4.78 is 5.53. The molecule has 1 aromatic heterocycles. The van der Waals surface area contributed by atoms with Crippen molar-refractivity contribution in [1.82, 2.24) is 4.90 Å². The second-order valence-electron chi connectivity index (χ2n) is 7.47. The molecule has 3 aromatic rings. The summed E-state index contributed by atoms with van der Waals surface area (Å²) in [5.74, 6) is -0.667. The summed E-state index contributed by atoms with van der Waals surface area (Å²) in [5, 5.41) is 5.21. The third-order valence-electron chi connectivity index (χ3n) is 5.21. The van der Waals surface area contributed by atoms with Crippen LogP contribution in [0.4, 0.5) is 5.69 Å². The molecule has 1 aliphatic rings. The van der Waals surface area contributed by atoms with Gasteiger partial charge in [-0.2, -0.15) is 0 Å². The largest absolute Gasteiger partial charge is 0.426 e. The fourth-order valence-corrected chi connectivity index (χ4v) is 4.28. The lowest BCUT2D eigenvalue weighted by molar-refractivity contribution is -0.140. The number of piperidine rings is 1. The number of esters is 1. The van der Waals surface area contributed by atoms with E-state index in [4.69, 9.17) is 16.3 Å². The molecule has 0 bridgehead atoms. The number of anilines is 1. The van der Waals surface area contributed by atoms with E-state index in [1.54, 1.807) is 59.5 Å². The number of carbonyl (C=O) groups is 3. The molecule has 0 radical (unpaired) electrons. The fraction of sp³-hybridized carbons (Fsp3) is 0.208. The van der Waals surface area contributed by atoms with Crippen molar-refractivity contribution in [3.63, 3.8) is 0 Å². The number of ether oxygens (including phenoxy) is 1. The van der Waals surface area contributed by atoms with Crippen LogP contribution in [0.1, 0.15) is 32.9 Å². The number of hydrogen-bond donors (Lipinski definition) is 1. The second-order valence-corrected chi connectivity index (χ2v) is 8.86. The van der Waals surface area contributed by atoms with Crippen LogP contribution < -0.4 is 10.1 Å². The Hall–Kier alpha value is -3.16. The number of rotatable bonds is 5. The third-order valence-corrected chi connectivity index (χ3v) is 6.33. The van der Waals surface area contributed by atoms with Crippen molar-refractivity contribution in [2.75, 3.05) is 18.4 Å². The molecule has 0 aliphatic carbocycles. The smallest absolute Gasteiger partial charge is 0.316 e. The first-order valence-corrected chi connectivity index (χ1v) is 11.5. The van der Waals surface area contributed by atoms with Crippen LogP contribution in [0.3, 0.4) is 0 Å². The van der Waals surface area contributed by atoms with E-state index in [-0.39, 0.29) is 17.8 Å². The van der Waals surface area contributed by atoms with Crippen LogP contribution in [-0.2, 0) is 4.79 Å². The van der Waals surface area contributed by atoms with Crippen LogP contribution in [-0.4, -0.2) is 35.8 Å². The molecule has 1 aliphatic heterocycles. The van der Waals surface area contributed by atoms with E-state index in [1.807, 2.05) is 11.4 Å². The molecule has 2 heterocycles. The van der Waals surface area contributed by atoms with Crippen LogP contribution >= 0.6 is 22.9 Å². The van der Waals surface area contributed by atoms with Gasteiger partial charge < -0.3 is 15.0 Å². The van der Waals surface area contributed by atoms with Gasteiger partial charge in [-0.25, -0.2) is 0 Å². The lowest BCUT2D eigenvalue weighted by atomic mass is 9.97. The Kier molecular flexibility index (Phi) is 6.87. The van der Waals surface area contributed by atoms with Gasteiger partial charge >= 0.3 is 5.97 Å². The minimum atomic E-state index is -0.391. The molecule has 0 saturated carbocycles. The molecule has 1 atom stereocenters. The normalized spacial score (nSPS) is 15.8. The standard InChI is InChI=1S/C24H21ClN2O4S/c25-18-7-5-16(6-8-18)23(29)27-13-1-3-17(15-27)24(30)31-20-11-9-19(10-12-20)26-22(28)21-4-2-14-32-21/h2,4-12,14,17H,1,3,13,15H2,(H,26,28). The van der Waals surface area contributed by atoms with Gasteiger partial charge in [0.25, 0.3) is 11.8 Å². The van der Waals surface area contributed by atoms with Crippen molar-refractivity contribution in [3.8, 4) is 5.75 Å². The Morgan fingerprint density at radius 2 is 1.78 bits per heavy atom. The van der Waals surface area contributed by atoms with E-state index in [1.165, 1.54) is 11.3 Å². The second kappa shape index (κ2) is 9.97. The Labute approximate surface area is 194 Å². The summed E-state index contributed by atoms with van der Waals surface area (Å²) in [6.45, 7) is 0.916. The molecule has 0 spiro atoms. The van der Waals surface area contributed by atoms with E-state index >= 15 is 0 Å². The van der Waals surface area contributed by atoms with Crippen LogP contribution in [0.2, 0.25) is 5.02 Å². The van der Waals surface area contributed by atoms with Gasteiger partial charge in [0, 0.05) is 29.4 Å². The lowest BCUT2D eigenvalue weighted by Gasteiger charge is -2.31. The van der Waals surface area contributed by atoms with Crippen molar-refractivity contribution in [2.45, 2.75) is 12.8 Å². The van der Waals surface area contributed by atoms with Gasteiger partial charge in [0.15, 0.2) is 0 Å². The molecule has 8 heteroatoms. The molecule has 4 rings (SSSR count). The maximum atomic E-state index is 12.7. The fourth-order valence-electron chi connectivity index (χ4n) is 3.54. The summed E-state index contributed by atoms with van der Waals surface area (Å²) in [6, 6.07) is 16.9. The SMILES string of the molecule is O=C(Nc1ccc(OC(=O)C2CCCN(C(=O)c3ccc(Cl)cc3)C2)cc1)c1cccs1. The molecule has 1 fully saturated rings. The summed E-state index contributed by atoms with van der Waals surface area (Å²) in [5.41, 5.74) is 1.16. The van der Waals surface area contributed by atoms with Gasteiger partial charge in [-0.05, 0) is 72.8 Å². The number of halogens is 1. The van der Waals surface area contributed by atoms with Gasteiger partial charge in [-0.15, -0.1) is 11.3 Å². The highest BCUT2D eigenvalue weighted by Gasteiger charge is 2.30. The number of hydrogen-bond acceptors (Lipinski definition) is 5. The maximum absolute atomic E-state index is 12.7. The molecular formula is C24H21ClN2O4S. The predicted molar refractivity (Wildman–Crippen MR) is 124 cm³/mol. The van der Waals surface area contributed by atoms with E-state index in [9.17, 15) is 14.4 Å². The lowest BCUT2D eigenvalue weighted by Crippen LogP contribution is -2.43. The molecular weight excluding hydrogens is 448 g/mol. The molecule has 164 valence electrons. The average molecular weight is 469 g/mol. The number of nitrogens with zero attached hydrogens (tertiary/aromatic N) is 1. The summed E-state index contributed by atoms with van der Waals surface area (Å²) in [6.07, 6.45) is 1.39. The highest BCUT2D eigenvalue weighted by atomic mass is 35.5. The number of amides is 2. The highest BCUT2D eigenvalue weighted by Crippen LogP contribution is 2.23. The zero-order valence-corrected chi connectivity index (χ0v) is 18.7. The van der Waals surface area contributed by atoms with E-state index in [0.717, 1.165) is 6.42 Å². The van der Waals surface area contributed by atoms with Crippen LogP contribution in [0.25, 0.3) is 0 Å². The molecule has 1 N–H and O–H groups in total. The number of likely N-dealkylation sites (tertiary alicyclic amines) is 1. The Morgan fingerprint density at radius 3 is 2.47 bits per heavy atom. The van der Waals surface area contributed by atoms with Gasteiger partial charge in [-0.1, -0.05) is 17.7 Å². The highest BCUT2D eigenvalue weighted by molar-refractivity contribution is 7.12. The molecule has 2 aromatic carbocycles. The monoisotopic (exact) mass is 468 g/mol. The average Bonchev–Trinajstić information content (AvgIpc) is 3.36. The summed E-state index contributed by atoms with van der Waals surface area (Å²) >= 11 is 7.26. The van der Waals surface area contributed by atoms with Crippen molar-refractivity contribution in [2.24, 2.45) is 5.92 Å². The minimum Gasteiger partial charge on any atom is -0.426 e. The molecule has 32 heavy (non-hydrogen) atoms. The summed E-state index contributed by atoms with van der Waals surface area (Å²) in [4.78, 5) is 39.9. The van der Waals surface area contributed by atoms with Crippen molar-refractivity contribution in [1.29, 1.82) is 0 Å². The van der Waals surface area contributed by atoms with E-state index in [2.05, 4.69) is 5.32 Å². The van der Waals surface area contributed by atoms with Crippen molar-refractivity contribution < 1.29 is 19.1 Å². The molecule has 1 unspecified atom stereocenters. The van der Waals surface area contributed by atoms with Crippen LogP contribution in [0.15, 0.2) is 66.0 Å². The number of thiophene rings is 1. The minimum absolute atomic E-state index is 0.120. The van der Waals surface area contributed by atoms with Crippen molar-refractivity contribution in [3.05, 3.63) is 81.5 Å². The molecule has 1 saturated heterocycles. The van der Waals surface area contributed by atoms with E-state index in [0.29, 0.717) is 46.4 Å². The first kappa shape index (κ1) is 22.0. The number of benzene rings is 2. The number of carbonyl (C=O) groups excluding carboxylic acids is 3.